The van der Waals surface area contributed by atoms with Crippen molar-refractivity contribution < 1.29 is 0 Å². The predicted molar refractivity (Wildman–Crippen MR) is 80.6 cm³/mol. The van der Waals surface area contributed by atoms with E-state index in [4.69, 9.17) is 11.6 Å². The van der Waals surface area contributed by atoms with Gasteiger partial charge in [-0.25, -0.2) is 0 Å². The second kappa shape index (κ2) is 5.45. The van der Waals surface area contributed by atoms with Gasteiger partial charge in [0.05, 0.1) is 5.69 Å². The molecule has 1 fully saturated rings. The summed E-state index contributed by atoms with van der Waals surface area (Å²) in [6.45, 7) is 10.1. The highest BCUT2D eigenvalue weighted by Gasteiger charge is 2.49. The SMILES string of the molecule is CCCNC(Cc1c(C)nn(C)c1Cl)C1CC1(C)C. The fraction of sp³-hybridized carbons (Fsp3) is 0.800. The zero-order valence-electron chi connectivity index (χ0n) is 12.8. The first-order chi connectivity index (χ1) is 8.86. The lowest BCUT2D eigenvalue weighted by Crippen LogP contribution is -2.35. The molecule has 108 valence electrons. The van der Waals surface area contributed by atoms with Crippen molar-refractivity contribution in [3.05, 3.63) is 16.4 Å². The third-order valence-corrected chi connectivity index (χ3v) is 4.90. The topological polar surface area (TPSA) is 29.9 Å². The van der Waals surface area contributed by atoms with Crippen molar-refractivity contribution in [3.8, 4) is 0 Å². The average molecular weight is 284 g/mol. The molecule has 0 radical (unpaired) electrons. The molecule has 0 bridgehead atoms. The lowest BCUT2D eigenvalue weighted by molar-refractivity contribution is 0.402. The Hall–Kier alpha value is -0.540. The quantitative estimate of drug-likeness (QED) is 0.868. The van der Waals surface area contributed by atoms with E-state index in [1.54, 1.807) is 4.68 Å². The van der Waals surface area contributed by atoms with Crippen LogP contribution in [-0.4, -0.2) is 22.4 Å². The van der Waals surface area contributed by atoms with Gasteiger partial charge in [-0.15, -0.1) is 0 Å². The molecule has 1 aliphatic rings. The number of halogens is 1. The number of nitrogens with zero attached hydrogens (tertiary/aromatic N) is 2. The van der Waals surface area contributed by atoms with Crippen LogP contribution in [0.5, 0.6) is 0 Å². The van der Waals surface area contributed by atoms with E-state index in [9.17, 15) is 0 Å². The van der Waals surface area contributed by atoms with Gasteiger partial charge in [-0.3, -0.25) is 4.68 Å². The summed E-state index contributed by atoms with van der Waals surface area (Å²) >= 11 is 6.36. The van der Waals surface area contributed by atoms with Crippen molar-refractivity contribution in [2.75, 3.05) is 6.54 Å². The smallest absolute Gasteiger partial charge is 0.130 e. The first-order valence-corrected chi connectivity index (χ1v) is 7.66. The maximum absolute atomic E-state index is 6.36. The molecule has 2 unspecified atom stereocenters. The summed E-state index contributed by atoms with van der Waals surface area (Å²) in [6, 6.07) is 0.523. The predicted octanol–water partition coefficient (Wildman–Crippen LogP) is 3.34. The number of hydrogen-bond acceptors (Lipinski definition) is 2. The summed E-state index contributed by atoms with van der Waals surface area (Å²) in [6.07, 6.45) is 3.47. The molecule has 19 heavy (non-hydrogen) atoms. The van der Waals surface area contributed by atoms with E-state index in [0.29, 0.717) is 11.5 Å². The van der Waals surface area contributed by atoms with Crippen molar-refractivity contribution in [3.63, 3.8) is 0 Å². The van der Waals surface area contributed by atoms with Gasteiger partial charge in [-0.1, -0.05) is 32.4 Å². The summed E-state index contributed by atoms with van der Waals surface area (Å²) in [4.78, 5) is 0. The van der Waals surface area contributed by atoms with Gasteiger partial charge in [0.15, 0.2) is 0 Å². The third kappa shape index (κ3) is 3.14. The fourth-order valence-electron chi connectivity index (χ4n) is 3.01. The molecule has 0 amide bonds. The molecule has 3 nitrogen and oxygen atoms in total. The second-order valence-corrected chi connectivity index (χ2v) is 6.90. The summed E-state index contributed by atoms with van der Waals surface area (Å²) in [5, 5.41) is 8.91. The Kier molecular flexibility index (Phi) is 4.26. The number of aromatic nitrogens is 2. The molecule has 2 atom stereocenters. The molecular formula is C15H26ClN3. The molecule has 0 saturated heterocycles. The minimum atomic E-state index is 0.480. The van der Waals surface area contributed by atoms with Crippen LogP contribution in [0.1, 0.15) is 44.9 Å². The minimum Gasteiger partial charge on any atom is -0.313 e. The van der Waals surface area contributed by atoms with Crippen LogP contribution in [0.15, 0.2) is 0 Å². The van der Waals surface area contributed by atoms with Crippen molar-refractivity contribution in [1.29, 1.82) is 0 Å². The zero-order valence-corrected chi connectivity index (χ0v) is 13.5. The number of hydrogen-bond donors (Lipinski definition) is 1. The normalized spacial score (nSPS) is 22.5. The van der Waals surface area contributed by atoms with E-state index >= 15 is 0 Å². The van der Waals surface area contributed by atoms with Crippen LogP contribution in [-0.2, 0) is 13.5 Å². The molecule has 1 N–H and O–H groups in total. The molecule has 0 aliphatic heterocycles. The van der Waals surface area contributed by atoms with Gasteiger partial charge in [0.25, 0.3) is 0 Å². The van der Waals surface area contributed by atoms with Crippen LogP contribution in [0.2, 0.25) is 5.15 Å². The first kappa shape index (κ1) is 14.9. The summed E-state index contributed by atoms with van der Waals surface area (Å²) in [5.41, 5.74) is 2.75. The van der Waals surface area contributed by atoms with Crippen molar-refractivity contribution >= 4 is 11.6 Å². The molecule has 1 aliphatic carbocycles. The van der Waals surface area contributed by atoms with E-state index in [2.05, 4.69) is 38.1 Å². The third-order valence-electron chi connectivity index (χ3n) is 4.43. The zero-order chi connectivity index (χ0) is 14.2. The number of aryl methyl sites for hydroxylation is 2. The Morgan fingerprint density at radius 3 is 2.58 bits per heavy atom. The molecule has 0 aromatic carbocycles. The first-order valence-electron chi connectivity index (χ1n) is 7.28. The van der Waals surface area contributed by atoms with Crippen molar-refractivity contribution in [2.24, 2.45) is 18.4 Å². The van der Waals surface area contributed by atoms with Crippen LogP contribution in [0.4, 0.5) is 0 Å². The van der Waals surface area contributed by atoms with Crippen LogP contribution in [0, 0.1) is 18.3 Å². The monoisotopic (exact) mass is 283 g/mol. The van der Waals surface area contributed by atoms with Gasteiger partial charge in [-0.2, -0.15) is 5.10 Å². The highest BCUT2D eigenvalue weighted by Crippen LogP contribution is 2.54. The molecule has 1 aromatic rings. The van der Waals surface area contributed by atoms with Gasteiger partial charge in [-0.05, 0) is 44.1 Å². The molecule has 1 aromatic heterocycles. The molecule has 2 rings (SSSR count). The summed E-state index contributed by atoms with van der Waals surface area (Å²) < 4.78 is 1.78. The standard InChI is InChI=1S/C15H26ClN3/c1-6-7-17-13(12-9-15(12,3)4)8-11-10(2)18-19(5)14(11)16/h12-13,17H,6-9H2,1-5H3. The summed E-state index contributed by atoms with van der Waals surface area (Å²) in [5.74, 6) is 0.759. The lowest BCUT2D eigenvalue weighted by atomic mass is 9.97. The molecule has 1 saturated carbocycles. The van der Waals surface area contributed by atoms with Crippen LogP contribution < -0.4 is 5.32 Å². The maximum atomic E-state index is 6.36. The maximum Gasteiger partial charge on any atom is 0.130 e. The molecule has 1 heterocycles. The summed E-state index contributed by atoms with van der Waals surface area (Å²) in [7, 11) is 1.91. The van der Waals surface area contributed by atoms with E-state index in [1.165, 1.54) is 18.4 Å². The van der Waals surface area contributed by atoms with Gasteiger partial charge in [0, 0.05) is 18.7 Å². The largest absolute Gasteiger partial charge is 0.313 e. The van der Waals surface area contributed by atoms with E-state index in [1.807, 2.05) is 7.05 Å². The molecular weight excluding hydrogens is 258 g/mol. The Labute approximate surface area is 121 Å². The van der Waals surface area contributed by atoms with Crippen molar-refractivity contribution in [2.45, 2.75) is 53.0 Å². The van der Waals surface area contributed by atoms with Gasteiger partial charge in [0.2, 0.25) is 0 Å². The van der Waals surface area contributed by atoms with E-state index < -0.39 is 0 Å². The number of nitrogens with one attached hydrogen (secondary N) is 1. The van der Waals surface area contributed by atoms with Gasteiger partial charge in [0.1, 0.15) is 5.15 Å². The van der Waals surface area contributed by atoms with Crippen LogP contribution in [0.25, 0.3) is 0 Å². The lowest BCUT2D eigenvalue weighted by Gasteiger charge is -2.20. The van der Waals surface area contributed by atoms with Gasteiger partial charge >= 0.3 is 0 Å². The van der Waals surface area contributed by atoms with Crippen molar-refractivity contribution in [1.82, 2.24) is 15.1 Å². The minimum absolute atomic E-state index is 0.480. The fourth-order valence-corrected chi connectivity index (χ4v) is 3.26. The molecule has 0 spiro atoms. The van der Waals surface area contributed by atoms with Crippen LogP contribution >= 0.6 is 11.6 Å². The highest BCUT2D eigenvalue weighted by molar-refractivity contribution is 6.30. The Morgan fingerprint density at radius 1 is 1.53 bits per heavy atom. The van der Waals surface area contributed by atoms with E-state index in [0.717, 1.165) is 29.7 Å². The Morgan fingerprint density at radius 2 is 2.16 bits per heavy atom. The Bertz CT molecular complexity index is 450. The number of rotatable bonds is 6. The van der Waals surface area contributed by atoms with E-state index in [-0.39, 0.29) is 0 Å². The average Bonchev–Trinajstić information content (AvgIpc) is 2.90. The molecule has 4 heteroatoms. The Balaban J connectivity index is 2.11. The highest BCUT2D eigenvalue weighted by atomic mass is 35.5. The second-order valence-electron chi connectivity index (χ2n) is 6.54. The van der Waals surface area contributed by atoms with Gasteiger partial charge < -0.3 is 5.32 Å². The van der Waals surface area contributed by atoms with Crippen LogP contribution in [0.3, 0.4) is 0 Å².